The lowest BCUT2D eigenvalue weighted by Gasteiger charge is -2.49. The molecule has 2 amide bonds. The van der Waals surface area contributed by atoms with Crippen molar-refractivity contribution in [3.05, 3.63) is 0 Å². The van der Waals surface area contributed by atoms with Crippen molar-refractivity contribution in [3.8, 4) is 0 Å². The van der Waals surface area contributed by atoms with Gasteiger partial charge in [-0.2, -0.15) is 0 Å². The third-order valence-corrected chi connectivity index (χ3v) is 7.29. The fourth-order valence-corrected chi connectivity index (χ4v) is 5.45. The van der Waals surface area contributed by atoms with Crippen LogP contribution in [0.2, 0.25) is 0 Å². The van der Waals surface area contributed by atoms with Crippen LogP contribution in [0.4, 0.5) is 4.79 Å². The number of carbonyl (C=O) groups is 1. The van der Waals surface area contributed by atoms with Crippen molar-refractivity contribution in [2.75, 3.05) is 32.8 Å². The van der Waals surface area contributed by atoms with E-state index < -0.39 is 0 Å². The predicted molar refractivity (Wildman–Crippen MR) is 134 cm³/mol. The minimum Gasteiger partial charge on any atom is -0.412 e. The molecule has 1 heterocycles. The number of rotatable bonds is 8. The van der Waals surface area contributed by atoms with E-state index in [0.717, 1.165) is 31.5 Å². The second kappa shape index (κ2) is 16.9. The Balaban J connectivity index is -0.00000210. The van der Waals surface area contributed by atoms with Gasteiger partial charge in [-0.15, -0.1) is 11.6 Å². The third-order valence-electron chi connectivity index (χ3n) is 6.86. The van der Waals surface area contributed by atoms with Crippen LogP contribution in [0, 0.1) is 23.2 Å². The highest BCUT2D eigenvalue weighted by atomic mass is 35.5. The highest BCUT2D eigenvalue weighted by Gasteiger charge is 2.41. The van der Waals surface area contributed by atoms with E-state index in [1.807, 2.05) is 0 Å². The lowest BCUT2D eigenvalue weighted by molar-refractivity contribution is 0.00545. The topological polar surface area (TPSA) is 159 Å². The maximum absolute atomic E-state index is 12.2. The molecule has 0 aromatic rings. The van der Waals surface area contributed by atoms with Gasteiger partial charge in [0.25, 0.3) is 0 Å². The number of carbonyl (C=O) groups excluding carboxylic acids is 1. The number of aliphatic hydroxyl groups excluding tert-OH is 1. The molecule has 1 unspecified atom stereocenters. The van der Waals surface area contributed by atoms with E-state index in [4.69, 9.17) is 16.7 Å². The molecule has 0 aromatic carbocycles. The maximum atomic E-state index is 12.2. The van der Waals surface area contributed by atoms with Crippen LogP contribution in [-0.4, -0.2) is 76.7 Å². The summed E-state index contributed by atoms with van der Waals surface area (Å²) < 4.78 is 0. The van der Waals surface area contributed by atoms with Gasteiger partial charge in [-0.05, 0) is 68.2 Å². The first-order chi connectivity index (χ1) is 13.2. The number of piperidine rings is 1. The summed E-state index contributed by atoms with van der Waals surface area (Å²) in [7, 11) is 0. The van der Waals surface area contributed by atoms with Crippen LogP contribution in [0.5, 0.6) is 0 Å². The first-order valence-corrected chi connectivity index (χ1v) is 11.7. The van der Waals surface area contributed by atoms with Crippen molar-refractivity contribution >= 4 is 17.6 Å². The Labute approximate surface area is 200 Å². The lowest BCUT2D eigenvalue weighted by Crippen LogP contribution is -2.55. The molecule has 2 fully saturated rings. The number of alkyl halides is 1. The molecule has 2 aliphatic rings. The van der Waals surface area contributed by atoms with Crippen molar-refractivity contribution < 1.29 is 26.3 Å². The number of nitrogens with one attached hydrogen (secondary N) is 2. The molecule has 0 bridgehead atoms. The van der Waals surface area contributed by atoms with Crippen LogP contribution < -0.4 is 10.6 Å². The zero-order valence-corrected chi connectivity index (χ0v) is 20.6. The Morgan fingerprint density at radius 2 is 1.72 bits per heavy atom. The number of amides is 2. The number of likely N-dealkylation sites (tertiary alicyclic amines) is 1. The zero-order valence-electron chi connectivity index (χ0n) is 19.8. The van der Waals surface area contributed by atoms with Crippen LogP contribution in [-0.2, 0) is 0 Å². The van der Waals surface area contributed by atoms with E-state index in [1.54, 1.807) is 0 Å². The fraction of sp³-hybridized carbons (Fsp3) is 0.957. The molecule has 2 atom stereocenters. The molecule has 196 valence electrons. The average Bonchev–Trinajstić information content (AvgIpc) is 2.62. The van der Waals surface area contributed by atoms with Gasteiger partial charge >= 0.3 is 6.03 Å². The fourth-order valence-electron chi connectivity index (χ4n) is 5.20. The molecule has 0 radical (unpaired) electrons. The van der Waals surface area contributed by atoms with Gasteiger partial charge in [-0.3, -0.25) is 0 Å². The Hall–Kier alpha value is -0.640. The molecule has 9 heteroatoms. The van der Waals surface area contributed by atoms with Gasteiger partial charge < -0.3 is 37.1 Å². The molecule has 8 nitrogen and oxygen atoms in total. The lowest BCUT2D eigenvalue weighted by atomic mass is 9.64. The van der Waals surface area contributed by atoms with Gasteiger partial charge in [0.15, 0.2) is 0 Å². The van der Waals surface area contributed by atoms with Crippen molar-refractivity contribution in [2.45, 2.75) is 85.1 Å². The molecule has 0 spiro atoms. The summed E-state index contributed by atoms with van der Waals surface area (Å²) in [6.45, 7) is 12.9. The first-order valence-electron chi connectivity index (χ1n) is 11.2. The Bertz CT molecular complexity index is 488. The highest BCUT2D eigenvalue weighted by Crippen LogP contribution is 2.45. The molecular formula is C23H52ClN3O5. The largest absolute Gasteiger partial charge is 0.412 e. The number of urea groups is 1. The molecule has 1 aliphatic heterocycles. The zero-order chi connectivity index (χ0) is 20.7. The summed E-state index contributed by atoms with van der Waals surface area (Å²) >= 11 is 6.32. The summed E-state index contributed by atoms with van der Waals surface area (Å²) in [6, 6.07) is 0.00675. The summed E-state index contributed by atoms with van der Waals surface area (Å²) in [4.78, 5) is 14.7. The van der Waals surface area contributed by atoms with Crippen LogP contribution in [0.25, 0.3) is 0 Å². The van der Waals surface area contributed by atoms with Crippen molar-refractivity contribution in [3.63, 3.8) is 0 Å². The Morgan fingerprint density at radius 1 is 1.12 bits per heavy atom. The summed E-state index contributed by atoms with van der Waals surface area (Å²) in [5.41, 5.74) is 0.299. The smallest absolute Gasteiger partial charge is 0.315 e. The molecule has 32 heavy (non-hydrogen) atoms. The standard InChI is InChI=1S/C22H42ClN3O2.CH4.3H2O/c1-16(2)20(25-21(28)24-11-5-13-27)14-26-12-10-19(22(3,4)15-26)17-6-8-18(23)9-7-17;;;;/h16-20,27H,5-15H2,1-4H3,(H2,24,25,28);1H4;3*1H2/t17?,18?,19?,20-;;;;/m0..../s1. The van der Waals surface area contributed by atoms with Crippen LogP contribution in [0.3, 0.4) is 0 Å². The van der Waals surface area contributed by atoms with E-state index in [0.29, 0.717) is 29.7 Å². The van der Waals surface area contributed by atoms with Crippen molar-refractivity contribution in [1.29, 1.82) is 0 Å². The van der Waals surface area contributed by atoms with Gasteiger partial charge in [0.05, 0.1) is 0 Å². The van der Waals surface area contributed by atoms with Crippen molar-refractivity contribution in [2.24, 2.45) is 23.2 Å². The molecule has 1 aliphatic carbocycles. The number of hydrogen-bond acceptors (Lipinski definition) is 3. The molecule has 2 rings (SSSR count). The second-order valence-electron chi connectivity index (χ2n) is 9.96. The molecule has 9 N–H and O–H groups in total. The molecule has 0 aromatic heterocycles. The van der Waals surface area contributed by atoms with E-state index in [2.05, 4.69) is 43.2 Å². The predicted octanol–water partition coefficient (Wildman–Crippen LogP) is 2.00. The number of hydrogen-bond donors (Lipinski definition) is 3. The maximum Gasteiger partial charge on any atom is 0.315 e. The minimum absolute atomic E-state index is 0. The summed E-state index contributed by atoms with van der Waals surface area (Å²) in [6.07, 6.45) is 6.75. The molecular weight excluding hydrogens is 434 g/mol. The van der Waals surface area contributed by atoms with E-state index in [1.165, 1.54) is 32.1 Å². The third kappa shape index (κ3) is 11.0. The quantitative estimate of drug-likeness (QED) is 0.355. The Morgan fingerprint density at radius 3 is 2.22 bits per heavy atom. The van der Waals surface area contributed by atoms with Gasteiger partial charge in [0.2, 0.25) is 0 Å². The van der Waals surface area contributed by atoms with Crippen LogP contribution in [0.1, 0.15) is 73.6 Å². The highest BCUT2D eigenvalue weighted by molar-refractivity contribution is 6.20. The average molecular weight is 486 g/mol. The van der Waals surface area contributed by atoms with E-state index in [-0.39, 0.29) is 42.5 Å². The summed E-state index contributed by atoms with van der Waals surface area (Å²) in [5.74, 6) is 1.98. The summed E-state index contributed by atoms with van der Waals surface area (Å²) in [5, 5.41) is 15.2. The normalized spacial score (nSPS) is 25.8. The Kier molecular flexibility index (Phi) is 19.0. The molecule has 1 saturated heterocycles. The number of nitrogens with zero attached hydrogens (tertiary/aromatic N) is 1. The van der Waals surface area contributed by atoms with Crippen LogP contribution >= 0.6 is 11.6 Å². The second-order valence-corrected chi connectivity index (χ2v) is 10.6. The van der Waals surface area contributed by atoms with Gasteiger partial charge in [-0.1, -0.05) is 35.1 Å². The van der Waals surface area contributed by atoms with Gasteiger partial charge in [0, 0.05) is 37.7 Å². The number of aliphatic hydroxyl groups is 1. The van der Waals surface area contributed by atoms with Crippen LogP contribution in [0.15, 0.2) is 0 Å². The number of halogens is 1. The SMILES string of the molecule is C.CC(C)[C@H](CN1CCC(C2CCC(Cl)CC2)C(C)(C)C1)NC(=O)NCCCO.O.O.O. The first kappa shape index (κ1) is 35.9. The van der Waals surface area contributed by atoms with Crippen molar-refractivity contribution in [1.82, 2.24) is 15.5 Å². The molecule has 1 saturated carbocycles. The van der Waals surface area contributed by atoms with E-state index >= 15 is 0 Å². The minimum atomic E-state index is -0.126. The monoisotopic (exact) mass is 485 g/mol. The van der Waals surface area contributed by atoms with E-state index in [9.17, 15) is 4.79 Å². The van der Waals surface area contributed by atoms with Gasteiger partial charge in [0.1, 0.15) is 0 Å². The van der Waals surface area contributed by atoms with Gasteiger partial charge in [-0.25, -0.2) is 4.79 Å².